The number of carboxylic acid groups (broad SMARTS) is 1. The zero-order chi connectivity index (χ0) is 16.4. The van der Waals surface area contributed by atoms with Crippen LogP contribution in [0.3, 0.4) is 0 Å². The van der Waals surface area contributed by atoms with Crippen LogP contribution in [-0.4, -0.2) is 30.2 Å². The molecule has 23 heavy (non-hydrogen) atoms. The van der Waals surface area contributed by atoms with Gasteiger partial charge >= 0.3 is 5.97 Å². The van der Waals surface area contributed by atoms with Crippen LogP contribution in [0.2, 0.25) is 0 Å². The quantitative estimate of drug-likeness (QED) is 0.821. The lowest BCUT2D eigenvalue weighted by Gasteiger charge is -2.23. The first-order valence-electron chi connectivity index (χ1n) is 7.85. The molecule has 2 atom stereocenters. The molecule has 0 radical (unpaired) electrons. The van der Waals surface area contributed by atoms with Crippen LogP contribution in [0.5, 0.6) is 0 Å². The maximum absolute atomic E-state index is 12.6. The van der Waals surface area contributed by atoms with Gasteiger partial charge in [-0.15, -0.1) is 0 Å². The van der Waals surface area contributed by atoms with E-state index in [0.29, 0.717) is 0 Å². The Hall–Kier alpha value is -1.40. The summed E-state index contributed by atoms with van der Waals surface area (Å²) in [6, 6.07) is 6.90. The largest absolute Gasteiger partial charge is 0.481 e. The molecule has 124 valence electrons. The second-order valence-corrected chi connectivity index (χ2v) is 7.36. The van der Waals surface area contributed by atoms with Crippen molar-refractivity contribution in [3.63, 3.8) is 0 Å². The second-order valence-electron chi connectivity index (χ2n) is 6.44. The van der Waals surface area contributed by atoms with Crippen molar-refractivity contribution in [3.05, 3.63) is 34.3 Å². The lowest BCUT2D eigenvalue weighted by Crippen LogP contribution is -2.33. The van der Waals surface area contributed by atoms with Gasteiger partial charge in [0, 0.05) is 23.6 Å². The molecule has 1 heterocycles. The Labute approximate surface area is 143 Å². The summed E-state index contributed by atoms with van der Waals surface area (Å²) in [7, 11) is 0. The maximum atomic E-state index is 12.6. The van der Waals surface area contributed by atoms with Gasteiger partial charge in [-0.1, -0.05) is 28.1 Å². The summed E-state index contributed by atoms with van der Waals surface area (Å²) in [6.45, 7) is 1.43. The molecule has 1 aliphatic heterocycles. The van der Waals surface area contributed by atoms with Crippen molar-refractivity contribution in [1.29, 1.82) is 0 Å². The molecule has 1 saturated heterocycles. The Morgan fingerprint density at radius 3 is 2.57 bits per heavy atom. The first kappa shape index (κ1) is 16.5. The molecular weight excluding hydrogens is 362 g/mol. The highest BCUT2D eigenvalue weighted by Gasteiger charge is 2.58. The summed E-state index contributed by atoms with van der Waals surface area (Å²) < 4.78 is 6.29. The van der Waals surface area contributed by atoms with E-state index in [9.17, 15) is 9.59 Å². The van der Waals surface area contributed by atoms with E-state index >= 15 is 0 Å². The number of carbonyl (C=O) groups is 2. The van der Waals surface area contributed by atoms with E-state index in [4.69, 9.17) is 9.84 Å². The summed E-state index contributed by atoms with van der Waals surface area (Å²) in [4.78, 5) is 23.7. The SMILES string of the molecule is O=C(O)C[C@@H](NC(=O)[C@H]1CC12CCOCC2)c1ccc(Br)cc1. The van der Waals surface area contributed by atoms with Crippen LogP contribution >= 0.6 is 15.9 Å². The molecule has 2 aliphatic rings. The number of hydrogen-bond donors (Lipinski definition) is 2. The average Bonchev–Trinajstić information content (AvgIpc) is 3.21. The van der Waals surface area contributed by atoms with Gasteiger partial charge in [-0.2, -0.15) is 0 Å². The van der Waals surface area contributed by atoms with Crippen LogP contribution in [0, 0.1) is 11.3 Å². The highest BCUT2D eigenvalue weighted by Crippen LogP contribution is 2.59. The molecule has 1 saturated carbocycles. The van der Waals surface area contributed by atoms with Crippen LogP contribution in [0.15, 0.2) is 28.7 Å². The number of nitrogens with one attached hydrogen (secondary N) is 1. The van der Waals surface area contributed by atoms with Crippen molar-refractivity contribution in [2.24, 2.45) is 11.3 Å². The third-order valence-electron chi connectivity index (χ3n) is 4.96. The lowest BCUT2D eigenvalue weighted by atomic mass is 9.93. The van der Waals surface area contributed by atoms with Gasteiger partial charge in [-0.25, -0.2) is 0 Å². The molecule has 3 rings (SSSR count). The minimum absolute atomic E-state index is 0.00172. The monoisotopic (exact) mass is 381 g/mol. The Morgan fingerprint density at radius 2 is 1.96 bits per heavy atom. The van der Waals surface area contributed by atoms with E-state index in [0.717, 1.165) is 42.5 Å². The highest BCUT2D eigenvalue weighted by molar-refractivity contribution is 9.10. The van der Waals surface area contributed by atoms with Crippen molar-refractivity contribution in [2.45, 2.75) is 31.7 Å². The number of carboxylic acids is 1. The second kappa shape index (κ2) is 6.61. The van der Waals surface area contributed by atoms with Crippen molar-refractivity contribution < 1.29 is 19.4 Å². The average molecular weight is 382 g/mol. The molecule has 1 amide bonds. The van der Waals surface area contributed by atoms with Gasteiger partial charge in [0.25, 0.3) is 0 Å². The van der Waals surface area contributed by atoms with Crippen LogP contribution in [0.25, 0.3) is 0 Å². The first-order chi connectivity index (χ1) is 11.0. The van der Waals surface area contributed by atoms with Gasteiger partial charge in [-0.05, 0) is 42.4 Å². The van der Waals surface area contributed by atoms with Gasteiger partial charge < -0.3 is 15.2 Å². The zero-order valence-electron chi connectivity index (χ0n) is 12.8. The summed E-state index contributed by atoms with van der Waals surface area (Å²) in [5.41, 5.74) is 0.904. The van der Waals surface area contributed by atoms with E-state index in [1.54, 1.807) is 0 Å². The van der Waals surface area contributed by atoms with Crippen molar-refractivity contribution in [2.75, 3.05) is 13.2 Å². The van der Waals surface area contributed by atoms with Gasteiger partial charge in [0.1, 0.15) is 0 Å². The third kappa shape index (κ3) is 3.75. The van der Waals surface area contributed by atoms with Crippen LogP contribution < -0.4 is 5.32 Å². The number of amides is 1. The topological polar surface area (TPSA) is 75.6 Å². The van der Waals surface area contributed by atoms with Crippen molar-refractivity contribution in [3.8, 4) is 0 Å². The number of benzene rings is 1. The lowest BCUT2D eigenvalue weighted by molar-refractivity contribution is -0.137. The van der Waals surface area contributed by atoms with Crippen molar-refractivity contribution >= 4 is 27.8 Å². The standard InChI is InChI=1S/C17H20BrNO4/c18-12-3-1-11(2-4-12)14(9-15(20)21)19-16(22)13-10-17(13)5-7-23-8-6-17/h1-4,13-14H,5-10H2,(H,19,22)(H,20,21)/t13-,14-/m1/s1. The number of rotatable bonds is 5. The zero-order valence-corrected chi connectivity index (χ0v) is 14.3. The fourth-order valence-corrected chi connectivity index (χ4v) is 3.71. The van der Waals surface area contributed by atoms with Crippen molar-refractivity contribution in [1.82, 2.24) is 5.32 Å². The maximum Gasteiger partial charge on any atom is 0.305 e. The summed E-state index contributed by atoms with van der Waals surface area (Å²) in [5.74, 6) is -0.950. The molecule has 1 spiro atoms. The van der Waals surface area contributed by atoms with E-state index < -0.39 is 12.0 Å². The number of aliphatic carboxylic acids is 1. The Kier molecular flexibility index (Phi) is 4.73. The van der Waals surface area contributed by atoms with Gasteiger partial charge in [0.15, 0.2) is 0 Å². The summed E-state index contributed by atoms with van der Waals surface area (Å²) in [5, 5.41) is 12.1. The highest BCUT2D eigenvalue weighted by atomic mass is 79.9. The molecule has 2 N–H and O–H groups in total. The first-order valence-corrected chi connectivity index (χ1v) is 8.65. The van der Waals surface area contributed by atoms with E-state index in [-0.39, 0.29) is 23.7 Å². The summed E-state index contributed by atoms with van der Waals surface area (Å²) >= 11 is 3.36. The van der Waals surface area contributed by atoms with Crippen LogP contribution in [0.4, 0.5) is 0 Å². The number of carbonyl (C=O) groups excluding carboxylic acids is 1. The normalized spacial score (nSPS) is 23.3. The van der Waals surface area contributed by atoms with E-state index in [2.05, 4.69) is 21.2 Å². The molecule has 2 fully saturated rings. The molecule has 0 bridgehead atoms. The fraction of sp³-hybridized carbons (Fsp3) is 0.529. The van der Waals surface area contributed by atoms with Crippen LogP contribution in [0.1, 0.15) is 37.3 Å². The smallest absolute Gasteiger partial charge is 0.305 e. The van der Waals surface area contributed by atoms with E-state index in [1.165, 1.54) is 0 Å². The van der Waals surface area contributed by atoms with Crippen LogP contribution in [-0.2, 0) is 14.3 Å². The minimum Gasteiger partial charge on any atom is -0.481 e. The van der Waals surface area contributed by atoms with E-state index in [1.807, 2.05) is 24.3 Å². The number of halogens is 1. The number of ether oxygens (including phenoxy) is 1. The van der Waals surface area contributed by atoms with Gasteiger partial charge in [0.05, 0.1) is 12.5 Å². The molecule has 0 aromatic heterocycles. The number of hydrogen-bond acceptors (Lipinski definition) is 3. The third-order valence-corrected chi connectivity index (χ3v) is 5.49. The molecule has 1 aromatic rings. The Bertz CT molecular complexity index is 595. The summed E-state index contributed by atoms with van der Waals surface area (Å²) in [6.07, 6.45) is 2.62. The molecule has 6 heteroatoms. The minimum atomic E-state index is -0.921. The molecule has 0 unspecified atom stereocenters. The fourth-order valence-electron chi connectivity index (χ4n) is 3.44. The molecular formula is C17H20BrNO4. The molecule has 1 aromatic carbocycles. The Morgan fingerprint density at radius 1 is 1.30 bits per heavy atom. The molecule has 5 nitrogen and oxygen atoms in total. The molecule has 1 aliphatic carbocycles. The predicted octanol–water partition coefficient (Wildman–Crippen LogP) is 2.90. The Balaban J connectivity index is 1.67. The van der Waals surface area contributed by atoms with Gasteiger partial charge in [0.2, 0.25) is 5.91 Å². The van der Waals surface area contributed by atoms with Gasteiger partial charge in [-0.3, -0.25) is 9.59 Å². The predicted molar refractivity (Wildman–Crippen MR) is 87.9 cm³/mol.